The quantitative estimate of drug-likeness (QED) is 0.307. The molecule has 1 fully saturated rings. The predicted molar refractivity (Wildman–Crippen MR) is 142 cm³/mol. The number of carbonyl (C=O) groups is 1. The molecule has 39 heavy (non-hydrogen) atoms. The fraction of sp³-hybridized carbons (Fsp3) is 0.241. The molecule has 2 heterocycles. The summed E-state index contributed by atoms with van der Waals surface area (Å²) in [6.45, 7) is 0.930. The molecule has 1 aliphatic rings. The van der Waals surface area contributed by atoms with Gasteiger partial charge in [0.2, 0.25) is 5.91 Å². The van der Waals surface area contributed by atoms with Crippen molar-refractivity contribution in [3.63, 3.8) is 0 Å². The number of carbonyl (C=O) groups excluding carboxylic acids is 1. The molecule has 0 bridgehead atoms. The van der Waals surface area contributed by atoms with E-state index in [4.69, 9.17) is 4.74 Å². The number of pyridine rings is 1. The zero-order valence-corrected chi connectivity index (χ0v) is 21.7. The molecule has 0 spiro atoms. The molecule has 1 N–H and O–H groups in total. The number of amides is 1. The van der Waals surface area contributed by atoms with E-state index in [1.165, 1.54) is 12.1 Å². The Kier molecular flexibility index (Phi) is 7.94. The first-order valence-electron chi connectivity index (χ1n) is 12.5. The monoisotopic (exact) mass is 553 g/mol. The lowest BCUT2D eigenvalue weighted by Gasteiger charge is -2.22. The summed E-state index contributed by atoms with van der Waals surface area (Å²) in [5, 5.41) is 3.83. The van der Waals surface area contributed by atoms with Gasteiger partial charge in [0.25, 0.3) is 0 Å². The van der Waals surface area contributed by atoms with E-state index in [1.807, 2.05) is 30.3 Å². The van der Waals surface area contributed by atoms with Crippen LogP contribution in [0.4, 0.5) is 13.2 Å². The Hall–Kier alpha value is -3.76. The van der Waals surface area contributed by atoms with Gasteiger partial charge in [0, 0.05) is 24.7 Å². The van der Waals surface area contributed by atoms with E-state index >= 15 is 0 Å². The molecule has 5 rings (SSSR count). The first-order valence-corrected chi connectivity index (χ1v) is 13.6. The van der Waals surface area contributed by atoms with Crippen LogP contribution in [-0.2, 0) is 35.1 Å². The number of hydrogen-bond acceptors (Lipinski definition) is 4. The summed E-state index contributed by atoms with van der Waals surface area (Å²) >= 11 is 0. The molecular weight excluding hydrogens is 527 g/mol. The maximum atomic E-state index is 13.3. The number of aromatic nitrogens is 1. The third-order valence-corrected chi connectivity index (χ3v) is 8.07. The normalized spacial score (nSPS) is 16.7. The number of nitrogens with one attached hydrogen (secondary N) is 1. The van der Waals surface area contributed by atoms with Gasteiger partial charge in [-0.2, -0.15) is 13.2 Å². The smallest absolute Gasteiger partial charge is 0.416 e. The van der Waals surface area contributed by atoms with Crippen LogP contribution in [-0.4, -0.2) is 32.0 Å². The molecule has 2 atom stereocenters. The number of hydrogen-bond donors (Lipinski definition) is 1. The Bertz CT molecular complexity index is 1490. The van der Waals surface area contributed by atoms with E-state index in [2.05, 4.69) is 10.3 Å². The number of nitrogens with zero attached hydrogens (tertiary/aromatic N) is 2. The Morgan fingerprint density at radius 2 is 1.85 bits per heavy atom. The molecule has 0 radical (unpaired) electrons. The summed E-state index contributed by atoms with van der Waals surface area (Å²) in [7, 11) is -1.48. The highest BCUT2D eigenvalue weighted by Gasteiger charge is 2.35. The molecule has 1 unspecified atom stereocenters. The lowest BCUT2D eigenvalue weighted by molar-refractivity contribution is -0.137. The fourth-order valence-electron chi connectivity index (χ4n) is 4.51. The number of halogens is 3. The van der Waals surface area contributed by atoms with Crippen LogP contribution in [0.1, 0.15) is 29.5 Å². The van der Waals surface area contributed by atoms with Crippen molar-refractivity contribution in [3.05, 3.63) is 102 Å². The topological polar surface area (TPSA) is 71.5 Å². The molecule has 4 aromatic rings. The van der Waals surface area contributed by atoms with Gasteiger partial charge in [0.15, 0.2) is 0 Å². The van der Waals surface area contributed by atoms with Crippen molar-refractivity contribution < 1.29 is 26.9 Å². The summed E-state index contributed by atoms with van der Waals surface area (Å²) in [5.74, 6) is 0.343. The highest BCUT2D eigenvalue weighted by Crippen LogP contribution is 2.29. The SMILES string of the molecule is O=C(NCc1cccc(OCc2ccc(C(F)(F)F)cc2)c1)[C@@H]1CCCN1S(=O)c1ccc2ncccc2c1. The Morgan fingerprint density at radius 1 is 1.03 bits per heavy atom. The number of fused-ring (bicyclic) bond motifs is 1. The maximum absolute atomic E-state index is 13.3. The minimum absolute atomic E-state index is 0.113. The Morgan fingerprint density at radius 3 is 2.64 bits per heavy atom. The Labute approximate surface area is 226 Å². The maximum Gasteiger partial charge on any atom is 0.416 e. The van der Waals surface area contributed by atoms with E-state index in [1.54, 1.807) is 34.8 Å². The van der Waals surface area contributed by atoms with Crippen LogP contribution in [0, 0.1) is 0 Å². The predicted octanol–water partition coefficient (Wildman–Crippen LogP) is 5.64. The standard InChI is InChI=1S/C29H26F3N3O3S/c30-29(31,32)23-10-8-20(9-11-23)19-38-24-6-1-4-21(16-24)18-34-28(36)27-7-3-15-35(27)39(37)25-12-13-26-22(17-25)5-2-14-33-26/h1-2,4-6,8-14,16-17,27H,3,7,15,18-19H2,(H,34,36)/t27-,39?/m0/s1. The second-order valence-corrected chi connectivity index (χ2v) is 10.7. The van der Waals surface area contributed by atoms with Crippen LogP contribution < -0.4 is 10.1 Å². The van der Waals surface area contributed by atoms with Gasteiger partial charge in [-0.1, -0.05) is 30.3 Å². The summed E-state index contributed by atoms with van der Waals surface area (Å²) in [4.78, 5) is 18.0. The minimum atomic E-state index is -4.38. The fourth-order valence-corrected chi connectivity index (χ4v) is 5.92. The van der Waals surface area contributed by atoms with Crippen molar-refractivity contribution in [2.45, 2.75) is 43.1 Å². The largest absolute Gasteiger partial charge is 0.489 e. The number of alkyl halides is 3. The molecule has 1 saturated heterocycles. The van der Waals surface area contributed by atoms with Gasteiger partial charge in [-0.25, -0.2) is 8.51 Å². The summed E-state index contributed by atoms with van der Waals surface area (Å²) in [5.41, 5.74) is 1.53. The van der Waals surface area contributed by atoms with Gasteiger partial charge < -0.3 is 10.1 Å². The van der Waals surface area contributed by atoms with Crippen molar-refractivity contribution in [2.24, 2.45) is 0 Å². The van der Waals surface area contributed by atoms with Crippen molar-refractivity contribution in [3.8, 4) is 5.75 Å². The average Bonchev–Trinajstić information content (AvgIpc) is 3.44. The first kappa shape index (κ1) is 26.8. The van der Waals surface area contributed by atoms with Gasteiger partial charge in [-0.3, -0.25) is 9.78 Å². The molecule has 1 aromatic heterocycles. The molecule has 6 nitrogen and oxygen atoms in total. The molecule has 0 saturated carbocycles. The van der Waals surface area contributed by atoms with Gasteiger partial charge in [0.1, 0.15) is 29.4 Å². The van der Waals surface area contributed by atoms with Crippen LogP contribution in [0.15, 0.2) is 90.0 Å². The van der Waals surface area contributed by atoms with Crippen LogP contribution in [0.2, 0.25) is 0 Å². The van der Waals surface area contributed by atoms with Gasteiger partial charge in [-0.05, 0) is 72.5 Å². The molecule has 1 aliphatic heterocycles. The number of rotatable bonds is 8. The lowest BCUT2D eigenvalue weighted by atomic mass is 10.1. The summed E-state index contributed by atoms with van der Waals surface area (Å²) in [6, 6.07) is 20.7. The van der Waals surface area contributed by atoms with Gasteiger partial charge in [-0.15, -0.1) is 0 Å². The molecule has 0 aliphatic carbocycles. The van der Waals surface area contributed by atoms with E-state index < -0.39 is 28.8 Å². The number of ether oxygens (including phenoxy) is 1. The van der Waals surface area contributed by atoms with Crippen LogP contribution in [0.5, 0.6) is 5.75 Å². The third kappa shape index (κ3) is 6.46. The van der Waals surface area contributed by atoms with Crippen molar-refractivity contribution in [1.29, 1.82) is 0 Å². The second kappa shape index (κ2) is 11.5. The van der Waals surface area contributed by atoms with Crippen molar-refractivity contribution in [2.75, 3.05) is 6.54 Å². The Balaban J connectivity index is 1.17. The van der Waals surface area contributed by atoms with Gasteiger partial charge in [0.05, 0.1) is 16.0 Å². The van der Waals surface area contributed by atoms with Crippen LogP contribution in [0.25, 0.3) is 10.9 Å². The number of benzene rings is 3. The highest BCUT2D eigenvalue weighted by atomic mass is 32.2. The van der Waals surface area contributed by atoms with E-state index in [0.717, 1.165) is 35.0 Å². The van der Waals surface area contributed by atoms with E-state index in [-0.39, 0.29) is 19.1 Å². The average molecular weight is 554 g/mol. The highest BCUT2D eigenvalue weighted by molar-refractivity contribution is 7.82. The lowest BCUT2D eigenvalue weighted by Crippen LogP contribution is -2.43. The molecule has 3 aromatic carbocycles. The first-order chi connectivity index (χ1) is 18.8. The minimum Gasteiger partial charge on any atom is -0.489 e. The van der Waals surface area contributed by atoms with Crippen molar-refractivity contribution in [1.82, 2.24) is 14.6 Å². The third-order valence-electron chi connectivity index (χ3n) is 6.55. The van der Waals surface area contributed by atoms with E-state index in [0.29, 0.717) is 29.2 Å². The molecular formula is C29H26F3N3O3S. The van der Waals surface area contributed by atoms with Crippen LogP contribution in [0.3, 0.4) is 0 Å². The second-order valence-electron chi connectivity index (χ2n) is 9.25. The summed E-state index contributed by atoms with van der Waals surface area (Å²) in [6.07, 6.45) is -1.28. The zero-order chi connectivity index (χ0) is 27.4. The molecule has 10 heteroatoms. The van der Waals surface area contributed by atoms with Crippen LogP contribution >= 0.6 is 0 Å². The molecule has 202 valence electrons. The molecule has 1 amide bonds. The van der Waals surface area contributed by atoms with E-state index in [9.17, 15) is 22.2 Å². The zero-order valence-electron chi connectivity index (χ0n) is 20.9. The van der Waals surface area contributed by atoms with Gasteiger partial charge >= 0.3 is 6.18 Å². The summed E-state index contributed by atoms with van der Waals surface area (Å²) < 4.78 is 59.1. The van der Waals surface area contributed by atoms with Crippen molar-refractivity contribution >= 4 is 27.8 Å².